The Labute approximate surface area is 75.9 Å². The van der Waals surface area contributed by atoms with Crippen molar-refractivity contribution in [1.82, 2.24) is 0 Å². The van der Waals surface area contributed by atoms with Crippen LogP contribution in [-0.4, -0.2) is 10.8 Å². The molecule has 60 valence electrons. The maximum absolute atomic E-state index is 4.59. The van der Waals surface area contributed by atoms with Crippen LogP contribution in [0.15, 0.2) is 29.3 Å². The number of hydrogen-bond acceptors (Lipinski definition) is 2. The van der Waals surface area contributed by atoms with E-state index in [0.717, 1.165) is 0 Å². The van der Waals surface area contributed by atoms with E-state index >= 15 is 0 Å². The van der Waals surface area contributed by atoms with Crippen molar-refractivity contribution in [3.05, 3.63) is 29.8 Å². The first kappa shape index (κ1) is 6.72. The lowest BCUT2D eigenvalue weighted by Crippen LogP contribution is -1.95. The van der Waals surface area contributed by atoms with Gasteiger partial charge in [-0.15, -0.1) is 11.8 Å². The molecule has 1 aromatic carbocycles. The topological polar surface area (TPSA) is 12.4 Å². The predicted molar refractivity (Wildman–Crippen MR) is 53.4 cm³/mol. The van der Waals surface area contributed by atoms with Crippen LogP contribution in [0.25, 0.3) is 0 Å². The summed E-state index contributed by atoms with van der Waals surface area (Å²) in [6.45, 7) is 0. The average Bonchev–Trinajstić information content (AvgIpc) is 2.62. The van der Waals surface area contributed by atoms with Crippen LogP contribution in [-0.2, 0) is 0 Å². The zero-order chi connectivity index (χ0) is 7.97. The van der Waals surface area contributed by atoms with Gasteiger partial charge in [-0.2, -0.15) is 0 Å². The van der Waals surface area contributed by atoms with Crippen LogP contribution in [0.2, 0.25) is 0 Å². The minimum atomic E-state index is 0.645. The highest BCUT2D eigenvalue weighted by Crippen LogP contribution is 2.45. The number of rotatable bonds is 0. The first-order valence-electron chi connectivity index (χ1n) is 4.25. The van der Waals surface area contributed by atoms with Gasteiger partial charge in [0.25, 0.3) is 0 Å². The first-order valence-corrected chi connectivity index (χ1v) is 5.24. The Kier molecular flexibility index (Phi) is 1.32. The molecule has 0 N–H and O–H groups in total. The van der Waals surface area contributed by atoms with Crippen molar-refractivity contribution < 1.29 is 0 Å². The van der Waals surface area contributed by atoms with Crippen molar-refractivity contribution in [1.29, 1.82) is 0 Å². The molecule has 0 aromatic heterocycles. The van der Waals surface area contributed by atoms with Crippen molar-refractivity contribution >= 4 is 22.5 Å². The number of benzene rings is 1. The van der Waals surface area contributed by atoms with Crippen molar-refractivity contribution in [2.75, 3.05) is 5.75 Å². The SMILES string of the molecule is c1ccc2c(c1)N=C1SCCC12. The van der Waals surface area contributed by atoms with Gasteiger partial charge < -0.3 is 0 Å². The smallest absolute Gasteiger partial charge is 0.0814 e. The summed E-state index contributed by atoms with van der Waals surface area (Å²) in [5, 5.41) is 1.34. The molecule has 0 bridgehead atoms. The molecule has 12 heavy (non-hydrogen) atoms. The van der Waals surface area contributed by atoms with Crippen molar-refractivity contribution in [2.45, 2.75) is 12.3 Å². The van der Waals surface area contributed by atoms with Crippen LogP contribution in [0.3, 0.4) is 0 Å². The Balaban J connectivity index is 2.18. The molecule has 2 heteroatoms. The summed E-state index contributed by atoms with van der Waals surface area (Å²) < 4.78 is 0. The quantitative estimate of drug-likeness (QED) is 0.590. The van der Waals surface area contributed by atoms with E-state index in [-0.39, 0.29) is 0 Å². The fourth-order valence-corrected chi connectivity index (χ4v) is 3.08. The van der Waals surface area contributed by atoms with Gasteiger partial charge in [0, 0.05) is 11.7 Å². The highest BCUT2D eigenvalue weighted by molar-refractivity contribution is 8.14. The third-order valence-electron chi connectivity index (χ3n) is 2.50. The maximum atomic E-state index is 4.59. The number of thioether (sulfide) groups is 1. The molecule has 2 aliphatic heterocycles. The minimum Gasteiger partial charge on any atom is -0.246 e. The molecule has 0 amide bonds. The lowest BCUT2D eigenvalue weighted by Gasteiger charge is -2.02. The van der Waals surface area contributed by atoms with E-state index in [0.29, 0.717) is 5.92 Å². The zero-order valence-electron chi connectivity index (χ0n) is 6.66. The number of nitrogens with zero attached hydrogens (tertiary/aromatic N) is 1. The molecular formula is C10H9NS. The third kappa shape index (κ3) is 0.787. The van der Waals surface area contributed by atoms with Gasteiger partial charge in [-0.05, 0) is 18.1 Å². The van der Waals surface area contributed by atoms with E-state index in [1.807, 2.05) is 11.8 Å². The van der Waals surface area contributed by atoms with Gasteiger partial charge >= 0.3 is 0 Å². The van der Waals surface area contributed by atoms with E-state index in [9.17, 15) is 0 Å². The van der Waals surface area contributed by atoms with E-state index < -0.39 is 0 Å². The van der Waals surface area contributed by atoms with Crippen LogP contribution < -0.4 is 0 Å². The van der Waals surface area contributed by atoms with Gasteiger partial charge in [-0.25, -0.2) is 4.99 Å². The highest BCUT2D eigenvalue weighted by atomic mass is 32.2. The summed E-state index contributed by atoms with van der Waals surface area (Å²) in [5.74, 6) is 1.89. The first-order chi connectivity index (χ1) is 5.95. The van der Waals surface area contributed by atoms with Gasteiger partial charge in [0.15, 0.2) is 0 Å². The second-order valence-corrected chi connectivity index (χ2v) is 4.31. The lowest BCUT2D eigenvalue weighted by molar-refractivity contribution is 0.900. The Morgan fingerprint density at radius 3 is 3.25 bits per heavy atom. The Morgan fingerprint density at radius 2 is 2.25 bits per heavy atom. The molecule has 2 heterocycles. The largest absolute Gasteiger partial charge is 0.246 e. The molecule has 1 saturated heterocycles. The van der Waals surface area contributed by atoms with Gasteiger partial charge in [-0.3, -0.25) is 0 Å². The fourth-order valence-electron chi connectivity index (χ4n) is 1.91. The van der Waals surface area contributed by atoms with Crippen molar-refractivity contribution in [2.24, 2.45) is 4.99 Å². The summed E-state index contributed by atoms with van der Waals surface area (Å²) in [6.07, 6.45) is 1.28. The van der Waals surface area contributed by atoms with Crippen LogP contribution in [0.4, 0.5) is 5.69 Å². The van der Waals surface area contributed by atoms with E-state index in [1.165, 1.54) is 28.5 Å². The predicted octanol–water partition coefficient (Wildman–Crippen LogP) is 2.95. The van der Waals surface area contributed by atoms with Crippen LogP contribution in [0.5, 0.6) is 0 Å². The fraction of sp³-hybridized carbons (Fsp3) is 0.300. The number of fused-ring (bicyclic) bond motifs is 3. The van der Waals surface area contributed by atoms with Gasteiger partial charge in [0.1, 0.15) is 0 Å². The van der Waals surface area contributed by atoms with Crippen LogP contribution in [0, 0.1) is 0 Å². The molecule has 1 unspecified atom stereocenters. The molecule has 1 fully saturated rings. The Hall–Kier alpha value is -0.760. The Morgan fingerprint density at radius 1 is 1.33 bits per heavy atom. The number of hydrogen-bond donors (Lipinski definition) is 0. The van der Waals surface area contributed by atoms with Crippen molar-refractivity contribution in [3.63, 3.8) is 0 Å². The van der Waals surface area contributed by atoms with Gasteiger partial charge in [0.05, 0.1) is 10.7 Å². The molecule has 1 atom stereocenters. The van der Waals surface area contributed by atoms with Gasteiger partial charge in [-0.1, -0.05) is 18.2 Å². The molecule has 1 nitrogen and oxygen atoms in total. The average molecular weight is 175 g/mol. The second kappa shape index (κ2) is 2.36. The summed E-state index contributed by atoms with van der Waals surface area (Å²) in [6, 6.07) is 8.50. The standard InChI is InChI=1S/C10H9NS/c1-2-4-9-7(3-1)8-5-6-12-10(8)11-9/h1-4,8H,5-6H2. The number of aliphatic imine (C=N–C) groups is 1. The molecule has 0 aliphatic carbocycles. The second-order valence-electron chi connectivity index (χ2n) is 3.20. The third-order valence-corrected chi connectivity index (χ3v) is 3.61. The Bertz CT molecular complexity index is 357. The zero-order valence-corrected chi connectivity index (χ0v) is 7.47. The highest BCUT2D eigenvalue weighted by Gasteiger charge is 2.31. The number of para-hydroxylation sites is 1. The maximum Gasteiger partial charge on any atom is 0.0814 e. The van der Waals surface area contributed by atoms with E-state index in [2.05, 4.69) is 29.3 Å². The summed E-state index contributed by atoms with van der Waals surface area (Å²) in [4.78, 5) is 4.59. The van der Waals surface area contributed by atoms with E-state index in [4.69, 9.17) is 0 Å². The molecular weight excluding hydrogens is 166 g/mol. The minimum absolute atomic E-state index is 0.645. The van der Waals surface area contributed by atoms with Gasteiger partial charge in [0.2, 0.25) is 0 Å². The molecule has 0 saturated carbocycles. The van der Waals surface area contributed by atoms with Crippen LogP contribution >= 0.6 is 11.8 Å². The van der Waals surface area contributed by atoms with Crippen LogP contribution in [0.1, 0.15) is 17.9 Å². The normalized spacial score (nSPS) is 25.0. The summed E-state index contributed by atoms with van der Waals surface area (Å²) >= 11 is 1.92. The molecule has 2 aliphatic rings. The molecule has 3 rings (SSSR count). The monoisotopic (exact) mass is 175 g/mol. The van der Waals surface area contributed by atoms with E-state index in [1.54, 1.807) is 0 Å². The molecule has 0 radical (unpaired) electrons. The van der Waals surface area contributed by atoms with Crippen molar-refractivity contribution in [3.8, 4) is 0 Å². The summed E-state index contributed by atoms with van der Waals surface area (Å²) in [7, 11) is 0. The molecule has 0 spiro atoms. The molecule has 1 aromatic rings. The lowest BCUT2D eigenvalue weighted by atomic mass is 9.99. The summed E-state index contributed by atoms with van der Waals surface area (Å²) in [5.41, 5.74) is 2.64.